The summed E-state index contributed by atoms with van der Waals surface area (Å²) < 4.78 is 0. The van der Waals surface area contributed by atoms with Crippen LogP contribution in [0.5, 0.6) is 0 Å². The number of hydrogen-bond acceptors (Lipinski definition) is 7. The smallest absolute Gasteiger partial charge is 0.251 e. The van der Waals surface area contributed by atoms with E-state index in [4.69, 9.17) is 4.84 Å². The van der Waals surface area contributed by atoms with Gasteiger partial charge in [-0.05, 0) is 78.5 Å². The van der Waals surface area contributed by atoms with Crippen LogP contribution in [0.1, 0.15) is 62.4 Å². The summed E-state index contributed by atoms with van der Waals surface area (Å²) in [5, 5.41) is 31.5. The van der Waals surface area contributed by atoms with Gasteiger partial charge in [-0.15, -0.1) is 0 Å². The normalized spacial score (nSPS) is 29.4. The van der Waals surface area contributed by atoms with Gasteiger partial charge in [-0.1, -0.05) is 51.1 Å². The summed E-state index contributed by atoms with van der Waals surface area (Å²) >= 11 is 0. The van der Waals surface area contributed by atoms with Gasteiger partial charge in [0.25, 0.3) is 5.91 Å². The second-order valence-electron chi connectivity index (χ2n) is 13.1. The van der Waals surface area contributed by atoms with Crippen molar-refractivity contribution in [3.8, 4) is 11.1 Å². The molecule has 2 aromatic rings. The van der Waals surface area contributed by atoms with Crippen LogP contribution in [-0.2, 0) is 16.2 Å². The van der Waals surface area contributed by atoms with E-state index >= 15 is 0 Å². The van der Waals surface area contributed by atoms with E-state index in [1.807, 2.05) is 48.5 Å². The number of nitrogens with one attached hydrogen (secondary N) is 3. The zero-order chi connectivity index (χ0) is 29.9. The molecule has 3 aliphatic rings. The molecule has 0 bridgehead atoms. The molecule has 5 N–H and O–H groups in total. The fraction of sp³-hybridized carbons (Fsp3) is 0.576. The van der Waals surface area contributed by atoms with Crippen molar-refractivity contribution in [2.45, 2.75) is 77.2 Å². The first-order chi connectivity index (χ1) is 20.2. The molecular formula is C33H46N4O5. The molecule has 5 unspecified atom stereocenters. The zero-order valence-corrected chi connectivity index (χ0v) is 25.0. The molecule has 2 saturated heterocycles. The van der Waals surface area contributed by atoms with Crippen LogP contribution >= 0.6 is 0 Å². The Morgan fingerprint density at radius 3 is 2.50 bits per heavy atom. The summed E-state index contributed by atoms with van der Waals surface area (Å²) in [6.45, 7) is 8.19. The number of aliphatic hydroxyl groups excluding tert-OH is 2. The summed E-state index contributed by atoms with van der Waals surface area (Å²) in [7, 11) is 0. The highest BCUT2D eigenvalue weighted by molar-refractivity contribution is 5.95. The third-order valence-corrected chi connectivity index (χ3v) is 9.26. The Balaban J connectivity index is 1.31. The third kappa shape index (κ3) is 7.03. The van der Waals surface area contributed by atoms with E-state index in [1.54, 1.807) is 5.06 Å². The Bertz CT molecular complexity index is 1250. The molecule has 9 nitrogen and oxygen atoms in total. The molecule has 2 heterocycles. The highest BCUT2D eigenvalue weighted by Crippen LogP contribution is 2.39. The van der Waals surface area contributed by atoms with Gasteiger partial charge in [0.1, 0.15) is 12.1 Å². The van der Waals surface area contributed by atoms with Gasteiger partial charge in [-0.2, -0.15) is 5.06 Å². The lowest BCUT2D eigenvalue weighted by Gasteiger charge is -2.40. The van der Waals surface area contributed by atoms with Crippen molar-refractivity contribution in [3.05, 3.63) is 59.7 Å². The third-order valence-electron chi connectivity index (χ3n) is 9.26. The first-order valence-corrected chi connectivity index (χ1v) is 15.3. The minimum atomic E-state index is -0.727. The van der Waals surface area contributed by atoms with E-state index in [9.17, 15) is 19.8 Å². The van der Waals surface area contributed by atoms with Gasteiger partial charge in [0, 0.05) is 30.1 Å². The number of aliphatic hydroxyl groups is 2. The SMILES string of the molecule is CC1CC(C)(C)CC[C@@H]1NC(=O)C1C(CO)C(CO)ON1Cc1cccc(-c2cccc(C(=O)NC3CCNC3)c2)c1. The number of hydroxylamine groups is 2. The second-order valence-corrected chi connectivity index (χ2v) is 13.1. The van der Waals surface area contributed by atoms with E-state index in [2.05, 4.69) is 36.7 Å². The number of nitrogens with zero attached hydrogens (tertiary/aromatic N) is 1. The average Bonchev–Trinajstić information content (AvgIpc) is 3.61. The molecule has 0 radical (unpaired) electrons. The van der Waals surface area contributed by atoms with Gasteiger partial charge >= 0.3 is 0 Å². The topological polar surface area (TPSA) is 123 Å². The van der Waals surface area contributed by atoms with E-state index in [0.717, 1.165) is 55.5 Å². The van der Waals surface area contributed by atoms with E-state index in [1.165, 1.54) is 0 Å². The van der Waals surface area contributed by atoms with Crippen molar-refractivity contribution in [1.82, 2.24) is 21.0 Å². The van der Waals surface area contributed by atoms with Gasteiger partial charge < -0.3 is 26.2 Å². The summed E-state index contributed by atoms with van der Waals surface area (Å²) in [6, 6.07) is 15.0. The molecule has 1 saturated carbocycles. The molecular weight excluding hydrogens is 532 g/mol. The largest absolute Gasteiger partial charge is 0.396 e. The Morgan fingerprint density at radius 2 is 1.81 bits per heavy atom. The molecule has 5 rings (SSSR count). The molecule has 3 fully saturated rings. The average molecular weight is 579 g/mol. The van der Waals surface area contributed by atoms with Gasteiger partial charge in [-0.25, -0.2) is 0 Å². The van der Waals surface area contributed by atoms with Crippen LogP contribution < -0.4 is 16.0 Å². The lowest BCUT2D eigenvalue weighted by atomic mass is 9.70. The summed E-state index contributed by atoms with van der Waals surface area (Å²) in [5.74, 6) is -0.450. The molecule has 2 amide bonds. The van der Waals surface area contributed by atoms with Crippen LogP contribution in [0.15, 0.2) is 48.5 Å². The van der Waals surface area contributed by atoms with Crippen molar-refractivity contribution in [2.24, 2.45) is 17.3 Å². The van der Waals surface area contributed by atoms with Crippen LogP contribution in [0.25, 0.3) is 11.1 Å². The van der Waals surface area contributed by atoms with E-state index < -0.39 is 18.1 Å². The Hall–Kier alpha value is -2.82. The summed E-state index contributed by atoms with van der Waals surface area (Å²) in [4.78, 5) is 32.6. The van der Waals surface area contributed by atoms with Crippen LogP contribution in [0.2, 0.25) is 0 Å². The fourth-order valence-corrected chi connectivity index (χ4v) is 6.93. The number of hydrogen-bond donors (Lipinski definition) is 5. The first kappa shape index (κ1) is 30.6. The predicted octanol–water partition coefficient (Wildman–Crippen LogP) is 2.86. The molecule has 6 atom stereocenters. The van der Waals surface area contributed by atoms with Crippen molar-refractivity contribution in [2.75, 3.05) is 26.3 Å². The van der Waals surface area contributed by atoms with Gasteiger partial charge in [0.15, 0.2) is 0 Å². The van der Waals surface area contributed by atoms with Crippen LogP contribution in [0, 0.1) is 17.3 Å². The van der Waals surface area contributed by atoms with Gasteiger partial charge in [0.2, 0.25) is 5.91 Å². The number of benzene rings is 2. The van der Waals surface area contributed by atoms with Gasteiger partial charge in [0.05, 0.1) is 19.8 Å². The maximum atomic E-state index is 13.7. The van der Waals surface area contributed by atoms with Crippen molar-refractivity contribution >= 4 is 11.8 Å². The molecule has 2 aromatic carbocycles. The second kappa shape index (κ2) is 13.2. The standard InChI is InChI=1S/C33H46N4O5/c1-21-16-33(2,3)12-10-28(21)36-32(41)30-27(19-38)29(20-39)42-37(30)18-22-6-4-7-23(14-22)24-8-5-9-25(15-24)31(40)35-26-11-13-34-17-26/h4-9,14-15,21,26-30,34,38-39H,10-13,16-20H2,1-3H3,(H,35,40)(H,36,41)/t21?,26?,27?,28-,29?,30?/m0/s1. The van der Waals surface area contributed by atoms with Crippen LogP contribution in [-0.4, -0.2) is 77.6 Å². The molecule has 1 aliphatic carbocycles. The lowest BCUT2D eigenvalue weighted by Crippen LogP contribution is -2.53. The monoisotopic (exact) mass is 578 g/mol. The molecule has 228 valence electrons. The molecule has 9 heteroatoms. The highest BCUT2D eigenvalue weighted by atomic mass is 16.7. The number of amides is 2. The van der Waals surface area contributed by atoms with Crippen molar-refractivity contribution in [1.29, 1.82) is 0 Å². The number of rotatable bonds is 9. The lowest BCUT2D eigenvalue weighted by molar-refractivity contribution is -0.182. The van der Waals surface area contributed by atoms with E-state index in [-0.39, 0.29) is 42.5 Å². The molecule has 0 aromatic heterocycles. The Kier molecular flexibility index (Phi) is 9.64. The molecule has 2 aliphatic heterocycles. The van der Waals surface area contributed by atoms with Gasteiger partial charge in [-0.3, -0.25) is 14.4 Å². The first-order valence-electron chi connectivity index (χ1n) is 15.3. The van der Waals surface area contributed by atoms with Crippen molar-refractivity contribution < 1.29 is 24.6 Å². The molecule has 0 spiro atoms. The number of carbonyl (C=O) groups excluding carboxylic acids is 2. The van der Waals surface area contributed by atoms with E-state index in [0.29, 0.717) is 18.0 Å². The Labute approximate surface area is 249 Å². The van der Waals surface area contributed by atoms with Crippen LogP contribution in [0.3, 0.4) is 0 Å². The fourth-order valence-electron chi connectivity index (χ4n) is 6.93. The maximum absolute atomic E-state index is 13.7. The maximum Gasteiger partial charge on any atom is 0.251 e. The quantitative estimate of drug-likeness (QED) is 0.310. The van der Waals surface area contributed by atoms with Crippen molar-refractivity contribution in [3.63, 3.8) is 0 Å². The summed E-state index contributed by atoms with van der Waals surface area (Å²) in [6.07, 6.45) is 3.26. The minimum absolute atomic E-state index is 0.0673. The highest BCUT2D eigenvalue weighted by Gasteiger charge is 2.47. The predicted molar refractivity (Wildman–Crippen MR) is 161 cm³/mol. The minimum Gasteiger partial charge on any atom is -0.396 e. The summed E-state index contributed by atoms with van der Waals surface area (Å²) in [5.41, 5.74) is 3.66. The molecule has 42 heavy (non-hydrogen) atoms. The zero-order valence-electron chi connectivity index (χ0n) is 25.0. The Morgan fingerprint density at radius 1 is 1.05 bits per heavy atom. The van der Waals surface area contributed by atoms with Crippen LogP contribution in [0.4, 0.5) is 0 Å². The number of carbonyl (C=O) groups is 2.